The SMILES string of the molecule is Cc1cc(COc2c(Br)cnc3c2CNCC3)n(C)n1. The molecule has 1 aliphatic rings. The Morgan fingerprint density at radius 3 is 3.10 bits per heavy atom. The van der Waals surface area contributed by atoms with Crippen LogP contribution in [0.4, 0.5) is 0 Å². The summed E-state index contributed by atoms with van der Waals surface area (Å²) < 4.78 is 8.79. The zero-order valence-electron chi connectivity index (χ0n) is 11.6. The summed E-state index contributed by atoms with van der Waals surface area (Å²) in [5.74, 6) is 0.890. The minimum atomic E-state index is 0.506. The van der Waals surface area contributed by atoms with Crippen molar-refractivity contribution in [2.24, 2.45) is 7.05 Å². The van der Waals surface area contributed by atoms with Gasteiger partial charge >= 0.3 is 0 Å². The summed E-state index contributed by atoms with van der Waals surface area (Å²) in [6, 6.07) is 2.04. The van der Waals surface area contributed by atoms with E-state index in [9.17, 15) is 0 Å². The summed E-state index contributed by atoms with van der Waals surface area (Å²) in [5, 5.41) is 7.70. The molecule has 0 radical (unpaired) electrons. The number of pyridine rings is 1. The highest BCUT2D eigenvalue weighted by atomic mass is 79.9. The molecule has 3 heterocycles. The maximum Gasteiger partial charge on any atom is 0.141 e. The van der Waals surface area contributed by atoms with Crippen molar-refractivity contribution in [2.45, 2.75) is 26.5 Å². The van der Waals surface area contributed by atoms with E-state index in [1.807, 2.05) is 30.9 Å². The van der Waals surface area contributed by atoms with Crippen molar-refractivity contribution in [1.82, 2.24) is 20.1 Å². The lowest BCUT2D eigenvalue weighted by Crippen LogP contribution is -2.25. The van der Waals surface area contributed by atoms with Crippen LogP contribution in [0.1, 0.15) is 22.6 Å². The first kappa shape index (κ1) is 13.6. The molecule has 0 fully saturated rings. The number of rotatable bonds is 3. The molecule has 3 rings (SSSR count). The summed E-state index contributed by atoms with van der Waals surface area (Å²) in [4.78, 5) is 4.47. The number of aryl methyl sites for hydroxylation is 2. The Kier molecular flexibility index (Phi) is 3.76. The van der Waals surface area contributed by atoms with E-state index in [4.69, 9.17) is 4.74 Å². The number of nitrogens with zero attached hydrogens (tertiary/aromatic N) is 3. The van der Waals surface area contributed by atoms with Gasteiger partial charge in [0.1, 0.15) is 12.4 Å². The lowest BCUT2D eigenvalue weighted by molar-refractivity contribution is 0.287. The molecule has 106 valence electrons. The standard InChI is InChI=1S/C14H17BrN4O/c1-9-5-10(19(2)18-9)8-20-14-11-6-16-4-3-13(11)17-7-12(14)15/h5,7,16H,3-4,6,8H2,1-2H3. The van der Waals surface area contributed by atoms with Crippen molar-refractivity contribution in [3.63, 3.8) is 0 Å². The Morgan fingerprint density at radius 2 is 2.35 bits per heavy atom. The molecule has 0 aromatic carbocycles. The summed E-state index contributed by atoms with van der Waals surface area (Å²) in [7, 11) is 1.93. The molecule has 0 spiro atoms. The van der Waals surface area contributed by atoms with Crippen LogP contribution in [0.3, 0.4) is 0 Å². The van der Waals surface area contributed by atoms with Crippen molar-refractivity contribution in [2.75, 3.05) is 6.54 Å². The molecule has 0 saturated heterocycles. The molecule has 0 unspecified atom stereocenters. The highest BCUT2D eigenvalue weighted by Crippen LogP contribution is 2.32. The summed E-state index contributed by atoms with van der Waals surface area (Å²) in [6.07, 6.45) is 2.78. The van der Waals surface area contributed by atoms with E-state index in [-0.39, 0.29) is 0 Å². The first-order valence-electron chi connectivity index (χ1n) is 6.64. The molecule has 2 aromatic heterocycles. The fourth-order valence-electron chi connectivity index (χ4n) is 2.47. The average Bonchev–Trinajstić information content (AvgIpc) is 2.76. The highest BCUT2D eigenvalue weighted by molar-refractivity contribution is 9.10. The molecule has 0 amide bonds. The molecule has 0 atom stereocenters. The van der Waals surface area contributed by atoms with E-state index in [1.54, 1.807) is 0 Å². The maximum atomic E-state index is 6.03. The normalized spacial score (nSPS) is 14.2. The lowest BCUT2D eigenvalue weighted by Gasteiger charge is -2.20. The van der Waals surface area contributed by atoms with E-state index in [2.05, 4.69) is 31.3 Å². The monoisotopic (exact) mass is 336 g/mol. The Bertz CT molecular complexity index is 638. The van der Waals surface area contributed by atoms with Gasteiger partial charge in [0.05, 0.1) is 15.9 Å². The molecular formula is C14H17BrN4O. The minimum absolute atomic E-state index is 0.506. The molecule has 0 aliphatic carbocycles. The predicted octanol–water partition coefficient (Wildman–Crippen LogP) is 2.11. The van der Waals surface area contributed by atoms with Crippen molar-refractivity contribution in [3.8, 4) is 5.75 Å². The third kappa shape index (κ3) is 2.58. The van der Waals surface area contributed by atoms with Gasteiger partial charge < -0.3 is 10.1 Å². The van der Waals surface area contributed by atoms with Crippen LogP contribution < -0.4 is 10.1 Å². The molecule has 6 heteroatoms. The summed E-state index contributed by atoms with van der Waals surface area (Å²) in [5.41, 5.74) is 4.35. The zero-order chi connectivity index (χ0) is 14.1. The number of nitrogens with one attached hydrogen (secondary N) is 1. The number of hydrogen-bond acceptors (Lipinski definition) is 4. The molecule has 0 saturated carbocycles. The van der Waals surface area contributed by atoms with Crippen LogP contribution in [-0.4, -0.2) is 21.3 Å². The van der Waals surface area contributed by atoms with Crippen molar-refractivity contribution in [1.29, 1.82) is 0 Å². The van der Waals surface area contributed by atoms with Gasteiger partial charge in [0, 0.05) is 44.0 Å². The predicted molar refractivity (Wildman–Crippen MR) is 79.6 cm³/mol. The molecule has 1 aliphatic heterocycles. The van der Waals surface area contributed by atoms with Gasteiger partial charge in [0.2, 0.25) is 0 Å². The molecule has 1 N–H and O–H groups in total. The van der Waals surface area contributed by atoms with E-state index in [0.29, 0.717) is 6.61 Å². The Labute approximate surface area is 126 Å². The lowest BCUT2D eigenvalue weighted by atomic mass is 10.1. The van der Waals surface area contributed by atoms with Gasteiger partial charge in [-0.05, 0) is 28.9 Å². The van der Waals surface area contributed by atoms with Gasteiger partial charge in [0.25, 0.3) is 0 Å². The molecule has 20 heavy (non-hydrogen) atoms. The van der Waals surface area contributed by atoms with Crippen LogP contribution in [-0.2, 0) is 26.6 Å². The fourth-order valence-corrected chi connectivity index (χ4v) is 2.92. The Balaban J connectivity index is 1.85. The van der Waals surface area contributed by atoms with Crippen molar-refractivity contribution >= 4 is 15.9 Å². The molecule has 0 bridgehead atoms. The fraction of sp³-hybridized carbons (Fsp3) is 0.429. The maximum absolute atomic E-state index is 6.03. The third-order valence-electron chi connectivity index (χ3n) is 3.48. The highest BCUT2D eigenvalue weighted by Gasteiger charge is 2.18. The average molecular weight is 337 g/mol. The van der Waals surface area contributed by atoms with Crippen LogP contribution in [0.2, 0.25) is 0 Å². The molecule has 5 nitrogen and oxygen atoms in total. The second-order valence-electron chi connectivity index (χ2n) is 4.98. The summed E-state index contributed by atoms with van der Waals surface area (Å²) >= 11 is 3.53. The number of halogens is 1. The van der Waals surface area contributed by atoms with Crippen LogP contribution in [0.25, 0.3) is 0 Å². The van der Waals surface area contributed by atoms with Crippen LogP contribution in [0, 0.1) is 6.92 Å². The van der Waals surface area contributed by atoms with Crippen molar-refractivity contribution < 1.29 is 4.74 Å². The van der Waals surface area contributed by atoms with E-state index in [1.165, 1.54) is 0 Å². The van der Waals surface area contributed by atoms with Gasteiger partial charge in [-0.15, -0.1) is 0 Å². The second kappa shape index (κ2) is 5.54. The van der Waals surface area contributed by atoms with Gasteiger partial charge in [0.15, 0.2) is 0 Å². The van der Waals surface area contributed by atoms with Gasteiger partial charge in [-0.2, -0.15) is 5.10 Å². The number of hydrogen-bond donors (Lipinski definition) is 1. The summed E-state index contributed by atoms with van der Waals surface area (Å²) in [6.45, 7) is 4.27. The first-order valence-corrected chi connectivity index (χ1v) is 7.43. The van der Waals surface area contributed by atoms with Gasteiger partial charge in [-0.1, -0.05) is 0 Å². The number of fused-ring (bicyclic) bond motifs is 1. The number of aromatic nitrogens is 3. The van der Waals surface area contributed by atoms with Crippen molar-refractivity contribution in [3.05, 3.63) is 39.4 Å². The smallest absolute Gasteiger partial charge is 0.141 e. The second-order valence-corrected chi connectivity index (χ2v) is 5.83. The largest absolute Gasteiger partial charge is 0.486 e. The quantitative estimate of drug-likeness (QED) is 0.932. The topological polar surface area (TPSA) is 52.0 Å². The zero-order valence-corrected chi connectivity index (χ0v) is 13.2. The minimum Gasteiger partial charge on any atom is -0.486 e. The van der Waals surface area contributed by atoms with E-state index < -0.39 is 0 Å². The van der Waals surface area contributed by atoms with E-state index in [0.717, 1.165) is 52.4 Å². The molecule has 2 aromatic rings. The van der Waals surface area contributed by atoms with Crippen LogP contribution in [0.15, 0.2) is 16.7 Å². The Hall–Kier alpha value is -1.40. The van der Waals surface area contributed by atoms with Crippen LogP contribution >= 0.6 is 15.9 Å². The van der Waals surface area contributed by atoms with Gasteiger partial charge in [-0.3, -0.25) is 9.67 Å². The van der Waals surface area contributed by atoms with Crippen LogP contribution in [0.5, 0.6) is 5.75 Å². The molecular weight excluding hydrogens is 320 g/mol. The Morgan fingerprint density at radius 1 is 1.50 bits per heavy atom. The number of ether oxygens (including phenoxy) is 1. The first-order chi connectivity index (χ1) is 9.65. The van der Waals surface area contributed by atoms with E-state index >= 15 is 0 Å². The third-order valence-corrected chi connectivity index (χ3v) is 4.04. The van der Waals surface area contributed by atoms with Gasteiger partial charge in [-0.25, -0.2) is 0 Å².